The fraction of sp³-hybridized carbons (Fsp3) is 0.938. The number of halogens is 4. The van der Waals surface area contributed by atoms with Crippen LogP contribution in [0.1, 0.15) is 26.2 Å². The lowest BCUT2D eigenvalue weighted by molar-refractivity contribution is -0.173. The maximum atomic E-state index is 11.9. The summed E-state index contributed by atoms with van der Waals surface area (Å²) in [4.78, 5) is 4.30. The molecular weight excluding hydrogens is 466 g/mol. The molecule has 0 saturated carbocycles. The predicted octanol–water partition coefficient (Wildman–Crippen LogP) is 2.57. The van der Waals surface area contributed by atoms with Crippen molar-refractivity contribution >= 4 is 29.9 Å². The topological polar surface area (TPSA) is 64.1 Å². The van der Waals surface area contributed by atoms with Crippen molar-refractivity contribution in [1.82, 2.24) is 10.6 Å². The zero-order valence-corrected chi connectivity index (χ0v) is 17.6. The molecule has 0 bridgehead atoms. The molecule has 1 saturated heterocycles. The molecule has 1 aliphatic heterocycles. The van der Waals surface area contributed by atoms with Crippen LogP contribution in [0.4, 0.5) is 13.2 Å². The molecule has 6 nitrogen and oxygen atoms in total. The van der Waals surface area contributed by atoms with Crippen molar-refractivity contribution in [2.45, 2.75) is 32.4 Å². The Kier molecular flexibility index (Phi) is 15.5. The van der Waals surface area contributed by atoms with Gasteiger partial charge in [-0.1, -0.05) is 0 Å². The first kappa shape index (κ1) is 25.7. The highest BCUT2D eigenvalue weighted by molar-refractivity contribution is 14.0. The molecule has 1 fully saturated rings. The molecular formula is C16H31F3IN3O3. The molecule has 0 aromatic rings. The number of ether oxygens (including phenoxy) is 3. The normalized spacial score (nSPS) is 17.8. The minimum Gasteiger partial charge on any atom is -0.381 e. The Balaban J connectivity index is 0.00000625. The molecule has 0 aliphatic carbocycles. The molecule has 0 aromatic heterocycles. The van der Waals surface area contributed by atoms with Crippen molar-refractivity contribution < 1.29 is 27.4 Å². The van der Waals surface area contributed by atoms with Gasteiger partial charge in [0.05, 0.1) is 13.2 Å². The van der Waals surface area contributed by atoms with E-state index in [0.29, 0.717) is 38.0 Å². The zero-order chi connectivity index (χ0) is 18.4. The van der Waals surface area contributed by atoms with Gasteiger partial charge in [0.1, 0.15) is 6.61 Å². The van der Waals surface area contributed by atoms with Crippen LogP contribution in [0.3, 0.4) is 0 Å². The Labute approximate surface area is 170 Å². The van der Waals surface area contributed by atoms with E-state index in [0.717, 1.165) is 39.2 Å². The summed E-state index contributed by atoms with van der Waals surface area (Å²) in [6.07, 6.45) is -1.90. The average Bonchev–Trinajstić information content (AvgIpc) is 3.06. The van der Waals surface area contributed by atoms with E-state index in [-0.39, 0.29) is 30.6 Å². The Bertz CT molecular complexity index is 368. The van der Waals surface area contributed by atoms with Crippen LogP contribution in [-0.2, 0) is 14.2 Å². The van der Waals surface area contributed by atoms with Gasteiger partial charge >= 0.3 is 6.18 Å². The summed E-state index contributed by atoms with van der Waals surface area (Å²) in [6, 6.07) is 0. The molecule has 1 unspecified atom stereocenters. The van der Waals surface area contributed by atoms with Gasteiger partial charge in [0.15, 0.2) is 5.96 Å². The summed E-state index contributed by atoms with van der Waals surface area (Å²) in [5.74, 6) is 1.17. The first-order chi connectivity index (χ1) is 12.0. The number of hydrogen-bond acceptors (Lipinski definition) is 4. The third-order valence-corrected chi connectivity index (χ3v) is 3.46. The van der Waals surface area contributed by atoms with Crippen LogP contribution in [0.5, 0.6) is 0 Å². The Hall–Kier alpha value is -0.330. The van der Waals surface area contributed by atoms with Gasteiger partial charge in [0.2, 0.25) is 0 Å². The standard InChI is InChI=1S/C16H30F3N3O3.HI/c1-2-20-15(22-7-4-9-25-13-16(17,18)19)21-6-3-8-23-11-14-5-10-24-12-14;/h14H,2-13H2,1H3,(H2,20,21,22);1H. The van der Waals surface area contributed by atoms with Gasteiger partial charge in [-0.25, -0.2) is 0 Å². The zero-order valence-electron chi connectivity index (χ0n) is 15.3. The van der Waals surface area contributed by atoms with E-state index in [4.69, 9.17) is 9.47 Å². The van der Waals surface area contributed by atoms with Crippen molar-refractivity contribution in [2.75, 3.05) is 59.3 Å². The van der Waals surface area contributed by atoms with Crippen molar-refractivity contribution in [1.29, 1.82) is 0 Å². The summed E-state index contributed by atoms with van der Waals surface area (Å²) in [7, 11) is 0. The quantitative estimate of drug-likeness (QED) is 0.188. The van der Waals surface area contributed by atoms with E-state index in [1.807, 2.05) is 6.92 Å². The van der Waals surface area contributed by atoms with Gasteiger partial charge < -0.3 is 24.8 Å². The first-order valence-electron chi connectivity index (χ1n) is 8.83. The van der Waals surface area contributed by atoms with Gasteiger partial charge in [0.25, 0.3) is 0 Å². The molecule has 10 heteroatoms. The third-order valence-electron chi connectivity index (χ3n) is 3.46. The highest BCUT2D eigenvalue weighted by Crippen LogP contribution is 2.14. The van der Waals surface area contributed by atoms with Crippen LogP contribution in [0.2, 0.25) is 0 Å². The third kappa shape index (κ3) is 14.8. The minimum atomic E-state index is -4.27. The lowest BCUT2D eigenvalue weighted by Gasteiger charge is -2.12. The maximum absolute atomic E-state index is 11.9. The summed E-state index contributed by atoms with van der Waals surface area (Å²) in [5, 5.41) is 6.27. The summed E-state index contributed by atoms with van der Waals surface area (Å²) < 4.78 is 51.2. The second-order valence-electron chi connectivity index (χ2n) is 5.87. The molecule has 2 N–H and O–H groups in total. The molecule has 0 amide bonds. The van der Waals surface area contributed by atoms with Gasteiger partial charge in [-0.15, -0.1) is 24.0 Å². The maximum Gasteiger partial charge on any atom is 0.411 e. The minimum absolute atomic E-state index is 0. The highest BCUT2D eigenvalue weighted by atomic mass is 127. The van der Waals surface area contributed by atoms with Gasteiger partial charge in [-0.3, -0.25) is 4.99 Å². The molecule has 1 aliphatic rings. The first-order valence-corrected chi connectivity index (χ1v) is 8.83. The van der Waals surface area contributed by atoms with Crippen LogP contribution in [0, 0.1) is 5.92 Å². The number of guanidine groups is 1. The molecule has 1 heterocycles. The van der Waals surface area contributed by atoms with Gasteiger partial charge in [0, 0.05) is 45.4 Å². The number of nitrogens with one attached hydrogen (secondary N) is 2. The Morgan fingerprint density at radius 3 is 2.62 bits per heavy atom. The summed E-state index contributed by atoms with van der Waals surface area (Å²) >= 11 is 0. The van der Waals surface area contributed by atoms with Crippen molar-refractivity contribution in [3.8, 4) is 0 Å². The van der Waals surface area contributed by atoms with E-state index < -0.39 is 12.8 Å². The number of aliphatic imine (C=N–C) groups is 1. The number of hydrogen-bond donors (Lipinski definition) is 2. The smallest absolute Gasteiger partial charge is 0.381 e. The van der Waals surface area contributed by atoms with Crippen LogP contribution in [-0.4, -0.2) is 71.4 Å². The highest BCUT2D eigenvalue weighted by Gasteiger charge is 2.27. The Morgan fingerprint density at radius 1 is 1.19 bits per heavy atom. The average molecular weight is 497 g/mol. The fourth-order valence-electron chi connectivity index (χ4n) is 2.23. The van der Waals surface area contributed by atoms with Gasteiger partial charge in [-0.05, 0) is 26.2 Å². The van der Waals surface area contributed by atoms with Crippen LogP contribution < -0.4 is 10.6 Å². The fourth-order valence-corrected chi connectivity index (χ4v) is 2.23. The number of alkyl halides is 3. The summed E-state index contributed by atoms with van der Waals surface area (Å²) in [6.45, 7) is 5.68. The van der Waals surface area contributed by atoms with Crippen molar-refractivity contribution in [2.24, 2.45) is 10.9 Å². The lowest BCUT2D eigenvalue weighted by atomic mass is 10.1. The molecule has 1 rings (SSSR count). The Morgan fingerprint density at radius 2 is 1.96 bits per heavy atom. The van der Waals surface area contributed by atoms with E-state index in [2.05, 4.69) is 20.4 Å². The molecule has 0 radical (unpaired) electrons. The van der Waals surface area contributed by atoms with E-state index in [1.165, 1.54) is 0 Å². The second kappa shape index (κ2) is 15.7. The van der Waals surface area contributed by atoms with E-state index >= 15 is 0 Å². The number of nitrogens with zero attached hydrogens (tertiary/aromatic N) is 1. The molecule has 26 heavy (non-hydrogen) atoms. The largest absolute Gasteiger partial charge is 0.411 e. The predicted molar refractivity (Wildman–Crippen MR) is 105 cm³/mol. The van der Waals surface area contributed by atoms with E-state index in [9.17, 15) is 13.2 Å². The lowest BCUT2D eigenvalue weighted by Crippen LogP contribution is -2.38. The molecule has 156 valence electrons. The molecule has 0 spiro atoms. The SMILES string of the molecule is CCNC(=NCCCOCC(F)(F)F)NCCCOCC1CCOC1.I. The van der Waals surface area contributed by atoms with Crippen molar-refractivity contribution in [3.63, 3.8) is 0 Å². The monoisotopic (exact) mass is 497 g/mol. The van der Waals surface area contributed by atoms with Gasteiger partial charge in [-0.2, -0.15) is 13.2 Å². The van der Waals surface area contributed by atoms with Crippen molar-refractivity contribution in [3.05, 3.63) is 0 Å². The van der Waals surface area contributed by atoms with Crippen LogP contribution >= 0.6 is 24.0 Å². The summed E-state index contributed by atoms with van der Waals surface area (Å²) in [5.41, 5.74) is 0. The second-order valence-corrected chi connectivity index (χ2v) is 5.87. The number of rotatable bonds is 12. The van der Waals surface area contributed by atoms with Crippen LogP contribution in [0.15, 0.2) is 4.99 Å². The van der Waals surface area contributed by atoms with Crippen LogP contribution in [0.25, 0.3) is 0 Å². The van der Waals surface area contributed by atoms with E-state index in [1.54, 1.807) is 0 Å². The molecule has 1 atom stereocenters. The molecule has 0 aromatic carbocycles.